The van der Waals surface area contributed by atoms with Crippen LogP contribution in [0.3, 0.4) is 0 Å². The lowest BCUT2D eigenvalue weighted by atomic mass is 9.94. The molecule has 1 atom stereocenters. The standard InChI is InChI=1S/C33H48N6O5/c1-33(2,3)44-32(43)38-14-8-23(9-15-38)21-35-12-10-25(11-13-35)36-16-18-37(19-17-36)26-4-5-27-24(20-26)22-39(31(27)42)28-6-7-29(40)34-30(28)41/h4-5,20,23,25,28H,6-19,21-22H2,1-3H3,(H,34,40,41)/t28-/m0/s1. The van der Waals surface area contributed by atoms with E-state index in [1.165, 1.54) is 12.8 Å². The number of likely N-dealkylation sites (tertiary alicyclic amines) is 2. The first kappa shape index (κ1) is 30.8. The Morgan fingerprint density at radius 2 is 1.61 bits per heavy atom. The summed E-state index contributed by atoms with van der Waals surface area (Å²) in [6.07, 6.45) is 4.97. The van der Waals surface area contributed by atoms with Crippen LogP contribution in [0.1, 0.15) is 75.2 Å². The highest BCUT2D eigenvalue weighted by Crippen LogP contribution is 2.31. The molecule has 1 aromatic carbocycles. The second-order valence-corrected chi connectivity index (χ2v) is 14.2. The van der Waals surface area contributed by atoms with Gasteiger partial charge in [0.15, 0.2) is 0 Å². The molecule has 6 rings (SSSR count). The molecular weight excluding hydrogens is 560 g/mol. The Morgan fingerprint density at radius 3 is 2.27 bits per heavy atom. The number of piperidine rings is 3. The number of piperazine rings is 1. The highest BCUT2D eigenvalue weighted by Gasteiger charge is 2.39. The first-order chi connectivity index (χ1) is 21.0. The third-order valence-electron chi connectivity index (χ3n) is 10.0. The Hall–Kier alpha value is -3.18. The molecule has 0 aliphatic carbocycles. The summed E-state index contributed by atoms with van der Waals surface area (Å²) in [6.45, 7) is 15.1. The Balaban J connectivity index is 0.930. The minimum Gasteiger partial charge on any atom is -0.444 e. The fraction of sp³-hybridized carbons (Fsp3) is 0.697. The first-order valence-corrected chi connectivity index (χ1v) is 16.5. The van der Waals surface area contributed by atoms with Gasteiger partial charge in [0.05, 0.1) is 0 Å². The highest BCUT2D eigenvalue weighted by atomic mass is 16.6. The number of ether oxygens (including phenoxy) is 1. The van der Waals surface area contributed by atoms with Crippen molar-refractivity contribution in [3.8, 4) is 0 Å². The minimum atomic E-state index is -0.580. The number of benzene rings is 1. The molecule has 11 nitrogen and oxygen atoms in total. The van der Waals surface area contributed by atoms with Gasteiger partial charge < -0.3 is 24.3 Å². The zero-order valence-electron chi connectivity index (χ0n) is 26.6. The number of carbonyl (C=O) groups excluding carboxylic acids is 4. The van der Waals surface area contributed by atoms with Crippen LogP contribution in [0.4, 0.5) is 10.5 Å². The lowest BCUT2D eigenvalue weighted by Gasteiger charge is -2.44. The number of hydrogen-bond donors (Lipinski definition) is 1. The average molecular weight is 609 g/mol. The van der Waals surface area contributed by atoms with E-state index in [4.69, 9.17) is 4.74 Å². The van der Waals surface area contributed by atoms with E-state index in [-0.39, 0.29) is 30.2 Å². The van der Waals surface area contributed by atoms with Crippen molar-refractivity contribution in [1.82, 2.24) is 24.9 Å². The smallest absolute Gasteiger partial charge is 0.410 e. The van der Waals surface area contributed by atoms with Gasteiger partial charge in [-0.25, -0.2) is 4.79 Å². The van der Waals surface area contributed by atoms with Crippen LogP contribution in [0.25, 0.3) is 0 Å². The van der Waals surface area contributed by atoms with Crippen LogP contribution in [-0.2, 0) is 20.9 Å². The predicted octanol–water partition coefficient (Wildman–Crippen LogP) is 2.68. The van der Waals surface area contributed by atoms with Crippen molar-refractivity contribution >= 4 is 29.5 Å². The summed E-state index contributed by atoms with van der Waals surface area (Å²) in [5, 5.41) is 2.38. The third kappa shape index (κ3) is 6.88. The number of amides is 4. The number of imide groups is 1. The summed E-state index contributed by atoms with van der Waals surface area (Å²) < 4.78 is 5.55. The summed E-state index contributed by atoms with van der Waals surface area (Å²) >= 11 is 0. The summed E-state index contributed by atoms with van der Waals surface area (Å²) in [6, 6.07) is 6.11. The SMILES string of the molecule is CC(C)(C)OC(=O)N1CCC(CN2CCC(N3CCN(c4ccc5c(c4)CN([C@H]4CCC(=O)NC4=O)C5=O)CC3)CC2)CC1. The van der Waals surface area contributed by atoms with Gasteiger partial charge in [-0.2, -0.15) is 0 Å². The maximum atomic E-state index is 13.1. The highest BCUT2D eigenvalue weighted by molar-refractivity contribution is 6.05. The molecule has 1 aromatic rings. The number of rotatable bonds is 5. The van der Waals surface area contributed by atoms with Crippen molar-refractivity contribution in [3.05, 3.63) is 29.3 Å². The van der Waals surface area contributed by atoms with E-state index < -0.39 is 11.6 Å². The molecule has 0 spiro atoms. The van der Waals surface area contributed by atoms with Crippen molar-refractivity contribution in [2.45, 2.75) is 83.5 Å². The van der Waals surface area contributed by atoms with Crippen LogP contribution in [0.15, 0.2) is 18.2 Å². The minimum absolute atomic E-state index is 0.122. The van der Waals surface area contributed by atoms with Gasteiger partial charge in [0.2, 0.25) is 11.8 Å². The number of hydrogen-bond acceptors (Lipinski definition) is 8. The summed E-state index contributed by atoms with van der Waals surface area (Å²) in [4.78, 5) is 60.6. The second kappa shape index (κ2) is 12.7. The van der Waals surface area contributed by atoms with Crippen LogP contribution < -0.4 is 10.2 Å². The van der Waals surface area contributed by atoms with Crippen LogP contribution in [0.2, 0.25) is 0 Å². The Bertz CT molecular complexity index is 1260. The molecule has 0 radical (unpaired) electrons. The maximum absolute atomic E-state index is 13.1. The van der Waals surface area contributed by atoms with Crippen molar-refractivity contribution in [2.24, 2.45) is 5.92 Å². The molecule has 4 fully saturated rings. The van der Waals surface area contributed by atoms with Gasteiger partial charge in [-0.1, -0.05) is 0 Å². The molecule has 5 aliphatic rings. The van der Waals surface area contributed by atoms with E-state index in [1.807, 2.05) is 37.8 Å². The third-order valence-corrected chi connectivity index (χ3v) is 10.0. The number of carbonyl (C=O) groups is 4. The number of nitrogens with zero attached hydrogens (tertiary/aromatic N) is 5. The van der Waals surface area contributed by atoms with Gasteiger partial charge in [0, 0.05) is 76.1 Å². The largest absolute Gasteiger partial charge is 0.444 e. The molecular formula is C33H48N6O5. The normalized spacial score (nSPS) is 24.9. The van der Waals surface area contributed by atoms with E-state index in [0.717, 1.165) is 83.0 Å². The van der Waals surface area contributed by atoms with E-state index in [1.54, 1.807) is 4.90 Å². The topological polar surface area (TPSA) is 106 Å². The Morgan fingerprint density at radius 1 is 0.909 bits per heavy atom. The Kier molecular flexibility index (Phi) is 8.88. The lowest BCUT2D eigenvalue weighted by Crippen LogP contribution is -2.53. The van der Waals surface area contributed by atoms with Gasteiger partial charge >= 0.3 is 6.09 Å². The van der Waals surface area contributed by atoms with Gasteiger partial charge in [0.25, 0.3) is 5.91 Å². The molecule has 0 saturated carbocycles. The van der Waals surface area contributed by atoms with E-state index in [9.17, 15) is 19.2 Å². The van der Waals surface area contributed by atoms with Crippen LogP contribution in [0, 0.1) is 5.92 Å². The molecule has 5 aliphatic heterocycles. The molecule has 240 valence electrons. The van der Waals surface area contributed by atoms with Crippen molar-refractivity contribution < 1.29 is 23.9 Å². The van der Waals surface area contributed by atoms with Crippen molar-refractivity contribution in [2.75, 3.05) is 63.8 Å². The van der Waals surface area contributed by atoms with E-state index in [2.05, 4.69) is 26.1 Å². The lowest BCUT2D eigenvalue weighted by molar-refractivity contribution is -0.136. The van der Waals surface area contributed by atoms with Crippen LogP contribution in [0.5, 0.6) is 0 Å². The fourth-order valence-corrected chi connectivity index (χ4v) is 7.56. The monoisotopic (exact) mass is 608 g/mol. The fourth-order valence-electron chi connectivity index (χ4n) is 7.56. The summed E-state index contributed by atoms with van der Waals surface area (Å²) in [5.74, 6) is -0.113. The average Bonchev–Trinajstić information content (AvgIpc) is 3.32. The van der Waals surface area contributed by atoms with Crippen LogP contribution in [-0.4, -0.2) is 120 Å². The van der Waals surface area contributed by atoms with Crippen molar-refractivity contribution in [1.29, 1.82) is 0 Å². The molecule has 4 saturated heterocycles. The van der Waals surface area contributed by atoms with Gasteiger partial charge in [0.1, 0.15) is 11.6 Å². The molecule has 11 heteroatoms. The van der Waals surface area contributed by atoms with Gasteiger partial charge in [-0.3, -0.25) is 24.6 Å². The number of nitrogens with one attached hydrogen (secondary N) is 1. The number of anilines is 1. The molecule has 5 heterocycles. The first-order valence-electron chi connectivity index (χ1n) is 16.5. The molecule has 4 amide bonds. The maximum Gasteiger partial charge on any atom is 0.410 e. The van der Waals surface area contributed by atoms with Crippen LogP contribution >= 0.6 is 0 Å². The predicted molar refractivity (Wildman–Crippen MR) is 166 cm³/mol. The zero-order valence-corrected chi connectivity index (χ0v) is 26.6. The number of fused-ring (bicyclic) bond motifs is 1. The molecule has 44 heavy (non-hydrogen) atoms. The molecule has 0 bridgehead atoms. The zero-order chi connectivity index (χ0) is 31.0. The summed E-state index contributed by atoms with van der Waals surface area (Å²) in [7, 11) is 0. The second-order valence-electron chi connectivity index (χ2n) is 14.2. The van der Waals surface area contributed by atoms with E-state index in [0.29, 0.717) is 30.5 Å². The Labute approximate surface area is 260 Å². The quantitative estimate of drug-likeness (QED) is 0.509. The van der Waals surface area contributed by atoms with Gasteiger partial charge in [-0.05, 0) is 95.6 Å². The molecule has 0 aromatic heterocycles. The molecule has 0 unspecified atom stereocenters. The van der Waals surface area contributed by atoms with Gasteiger partial charge in [-0.15, -0.1) is 0 Å². The van der Waals surface area contributed by atoms with Crippen molar-refractivity contribution in [3.63, 3.8) is 0 Å². The van der Waals surface area contributed by atoms with E-state index >= 15 is 0 Å². The summed E-state index contributed by atoms with van der Waals surface area (Å²) in [5.41, 5.74) is 2.31. The molecule has 1 N–H and O–H groups in total.